The molecule has 0 saturated carbocycles. The van der Waals surface area contributed by atoms with Gasteiger partial charge in [-0.25, -0.2) is 0 Å². The standard InChI is InChI=1S/C14H14N2O/c1-16(13-8-3-2-4-9-13)15-11-12-7-5-6-10-14(12)17/h2-11,17H,1H3/b15-11+. The summed E-state index contributed by atoms with van der Waals surface area (Å²) in [4.78, 5) is 0. The summed E-state index contributed by atoms with van der Waals surface area (Å²) in [7, 11) is 1.87. The second-order valence-electron chi connectivity index (χ2n) is 3.66. The van der Waals surface area contributed by atoms with Gasteiger partial charge in [0.25, 0.3) is 0 Å². The first-order chi connectivity index (χ1) is 8.27. The number of hydrogen-bond donors (Lipinski definition) is 1. The van der Waals surface area contributed by atoms with Gasteiger partial charge in [0.15, 0.2) is 0 Å². The third kappa shape index (κ3) is 2.84. The average Bonchev–Trinajstić information content (AvgIpc) is 2.38. The van der Waals surface area contributed by atoms with Gasteiger partial charge in [0, 0.05) is 12.6 Å². The van der Waals surface area contributed by atoms with Crippen molar-refractivity contribution < 1.29 is 5.11 Å². The molecule has 86 valence electrons. The first kappa shape index (κ1) is 11.2. The van der Waals surface area contributed by atoms with E-state index in [1.807, 2.05) is 49.5 Å². The van der Waals surface area contributed by atoms with E-state index < -0.39 is 0 Å². The maximum Gasteiger partial charge on any atom is 0.124 e. The van der Waals surface area contributed by atoms with Crippen LogP contribution in [0.5, 0.6) is 5.75 Å². The number of hydrogen-bond acceptors (Lipinski definition) is 3. The molecule has 2 aromatic carbocycles. The second-order valence-corrected chi connectivity index (χ2v) is 3.66. The lowest BCUT2D eigenvalue weighted by molar-refractivity contribution is 0.474. The number of phenolic OH excluding ortho intramolecular Hbond substituents is 1. The molecule has 0 atom stereocenters. The number of phenols is 1. The van der Waals surface area contributed by atoms with Crippen molar-refractivity contribution in [1.29, 1.82) is 0 Å². The van der Waals surface area contributed by atoms with Crippen LogP contribution >= 0.6 is 0 Å². The Bertz CT molecular complexity index is 509. The van der Waals surface area contributed by atoms with E-state index >= 15 is 0 Å². The minimum Gasteiger partial charge on any atom is -0.507 e. The highest BCUT2D eigenvalue weighted by Crippen LogP contribution is 2.14. The lowest BCUT2D eigenvalue weighted by atomic mass is 10.2. The Hall–Kier alpha value is -2.29. The molecule has 1 N–H and O–H groups in total. The molecule has 0 aliphatic heterocycles. The van der Waals surface area contributed by atoms with Crippen LogP contribution in [0.25, 0.3) is 0 Å². The fourth-order valence-electron chi connectivity index (χ4n) is 1.46. The van der Waals surface area contributed by atoms with Crippen LogP contribution in [-0.4, -0.2) is 18.4 Å². The smallest absolute Gasteiger partial charge is 0.124 e. The summed E-state index contributed by atoms with van der Waals surface area (Å²) in [6.45, 7) is 0. The van der Waals surface area contributed by atoms with Crippen molar-refractivity contribution in [1.82, 2.24) is 0 Å². The van der Waals surface area contributed by atoms with Gasteiger partial charge in [-0.1, -0.05) is 30.3 Å². The molecule has 0 fully saturated rings. The van der Waals surface area contributed by atoms with Crippen LogP contribution in [0.2, 0.25) is 0 Å². The summed E-state index contributed by atoms with van der Waals surface area (Å²) in [6, 6.07) is 16.9. The number of para-hydroxylation sites is 2. The fourth-order valence-corrected chi connectivity index (χ4v) is 1.46. The highest BCUT2D eigenvalue weighted by molar-refractivity contribution is 5.83. The number of nitrogens with zero attached hydrogens (tertiary/aromatic N) is 2. The zero-order valence-corrected chi connectivity index (χ0v) is 9.62. The van der Waals surface area contributed by atoms with Gasteiger partial charge >= 0.3 is 0 Å². The number of hydrazone groups is 1. The van der Waals surface area contributed by atoms with Gasteiger partial charge in [-0.15, -0.1) is 0 Å². The maximum atomic E-state index is 9.58. The lowest BCUT2D eigenvalue weighted by Gasteiger charge is -2.12. The Labute approximate surface area is 101 Å². The summed E-state index contributed by atoms with van der Waals surface area (Å²) in [5, 5.41) is 15.6. The molecule has 0 aliphatic carbocycles. The molecule has 3 heteroatoms. The van der Waals surface area contributed by atoms with Gasteiger partial charge in [0.05, 0.1) is 11.9 Å². The summed E-state index contributed by atoms with van der Waals surface area (Å²) in [6.07, 6.45) is 1.64. The molecular weight excluding hydrogens is 212 g/mol. The summed E-state index contributed by atoms with van der Waals surface area (Å²) < 4.78 is 0. The molecule has 0 bridgehead atoms. The maximum absolute atomic E-state index is 9.58. The normalized spacial score (nSPS) is 10.6. The number of rotatable bonds is 3. The number of aromatic hydroxyl groups is 1. The number of anilines is 1. The minimum atomic E-state index is 0.234. The van der Waals surface area contributed by atoms with Crippen LogP contribution in [-0.2, 0) is 0 Å². The Kier molecular flexibility index (Phi) is 3.40. The summed E-state index contributed by atoms with van der Waals surface area (Å²) in [5.74, 6) is 0.234. The van der Waals surface area contributed by atoms with E-state index in [0.717, 1.165) is 5.69 Å². The predicted molar refractivity (Wildman–Crippen MR) is 70.5 cm³/mol. The van der Waals surface area contributed by atoms with E-state index in [9.17, 15) is 5.11 Å². The van der Waals surface area contributed by atoms with Gasteiger partial charge < -0.3 is 5.11 Å². The molecule has 0 amide bonds. The van der Waals surface area contributed by atoms with E-state index in [4.69, 9.17) is 0 Å². The molecule has 2 rings (SSSR count). The summed E-state index contributed by atoms with van der Waals surface area (Å²) in [5.41, 5.74) is 1.70. The average molecular weight is 226 g/mol. The van der Waals surface area contributed by atoms with Crippen molar-refractivity contribution in [3.63, 3.8) is 0 Å². The van der Waals surface area contributed by atoms with E-state index in [1.165, 1.54) is 0 Å². The Morgan fingerprint density at radius 3 is 2.35 bits per heavy atom. The third-order valence-corrected chi connectivity index (χ3v) is 2.44. The van der Waals surface area contributed by atoms with Gasteiger partial charge in [-0.05, 0) is 24.3 Å². The van der Waals surface area contributed by atoms with Gasteiger partial charge in [-0.3, -0.25) is 5.01 Å². The number of benzene rings is 2. The minimum absolute atomic E-state index is 0.234. The van der Waals surface area contributed by atoms with E-state index in [-0.39, 0.29) is 5.75 Å². The van der Waals surface area contributed by atoms with Gasteiger partial charge in [0.1, 0.15) is 5.75 Å². The van der Waals surface area contributed by atoms with E-state index in [2.05, 4.69) is 5.10 Å². The van der Waals surface area contributed by atoms with Crippen molar-refractivity contribution in [3.8, 4) is 5.75 Å². The lowest BCUT2D eigenvalue weighted by Crippen LogP contribution is -2.08. The van der Waals surface area contributed by atoms with Crippen LogP contribution in [0.1, 0.15) is 5.56 Å². The topological polar surface area (TPSA) is 35.8 Å². The predicted octanol–water partition coefficient (Wildman–Crippen LogP) is 2.86. The fraction of sp³-hybridized carbons (Fsp3) is 0.0714. The summed E-state index contributed by atoms with van der Waals surface area (Å²) >= 11 is 0. The zero-order valence-electron chi connectivity index (χ0n) is 9.62. The van der Waals surface area contributed by atoms with Crippen LogP contribution in [0.15, 0.2) is 59.7 Å². The van der Waals surface area contributed by atoms with Crippen molar-refractivity contribution in [3.05, 3.63) is 60.2 Å². The first-order valence-electron chi connectivity index (χ1n) is 5.38. The molecule has 3 nitrogen and oxygen atoms in total. The largest absolute Gasteiger partial charge is 0.507 e. The van der Waals surface area contributed by atoms with Crippen LogP contribution in [0.4, 0.5) is 5.69 Å². The first-order valence-corrected chi connectivity index (χ1v) is 5.38. The SMILES string of the molecule is CN(/N=C/c1ccccc1O)c1ccccc1. The Balaban J connectivity index is 2.14. The van der Waals surface area contributed by atoms with Gasteiger partial charge in [0.2, 0.25) is 0 Å². The molecular formula is C14H14N2O. The highest BCUT2D eigenvalue weighted by Gasteiger charge is 1.98. The molecule has 17 heavy (non-hydrogen) atoms. The molecule has 0 heterocycles. The van der Waals surface area contributed by atoms with Crippen LogP contribution in [0, 0.1) is 0 Å². The van der Waals surface area contributed by atoms with Crippen LogP contribution in [0.3, 0.4) is 0 Å². The highest BCUT2D eigenvalue weighted by atomic mass is 16.3. The molecule has 0 aliphatic rings. The monoisotopic (exact) mass is 226 g/mol. The molecule has 0 saturated heterocycles. The van der Waals surface area contributed by atoms with E-state index in [1.54, 1.807) is 23.4 Å². The zero-order chi connectivity index (χ0) is 12.1. The molecule has 0 spiro atoms. The van der Waals surface area contributed by atoms with Crippen molar-refractivity contribution in [2.75, 3.05) is 12.1 Å². The second kappa shape index (κ2) is 5.16. The Morgan fingerprint density at radius 1 is 1.00 bits per heavy atom. The van der Waals surface area contributed by atoms with Crippen molar-refractivity contribution >= 4 is 11.9 Å². The van der Waals surface area contributed by atoms with Crippen molar-refractivity contribution in [2.24, 2.45) is 5.10 Å². The molecule has 0 radical (unpaired) electrons. The quantitative estimate of drug-likeness (QED) is 0.645. The van der Waals surface area contributed by atoms with E-state index in [0.29, 0.717) is 5.56 Å². The third-order valence-electron chi connectivity index (χ3n) is 2.44. The Morgan fingerprint density at radius 2 is 1.65 bits per heavy atom. The molecule has 2 aromatic rings. The molecule has 0 aromatic heterocycles. The van der Waals surface area contributed by atoms with Gasteiger partial charge in [-0.2, -0.15) is 5.10 Å². The molecule has 0 unspecified atom stereocenters. The van der Waals surface area contributed by atoms with Crippen molar-refractivity contribution in [2.45, 2.75) is 0 Å². The van der Waals surface area contributed by atoms with Crippen LogP contribution < -0.4 is 5.01 Å².